The molecule has 1 aliphatic heterocycles. The van der Waals surface area contributed by atoms with E-state index in [2.05, 4.69) is 6.07 Å². The summed E-state index contributed by atoms with van der Waals surface area (Å²) in [5, 5.41) is 13.8. The van der Waals surface area contributed by atoms with E-state index >= 15 is 0 Å². The van der Waals surface area contributed by atoms with Gasteiger partial charge in [-0.15, -0.1) is 11.3 Å². The highest BCUT2D eigenvalue weighted by molar-refractivity contribution is 7.12. The van der Waals surface area contributed by atoms with Gasteiger partial charge in [0.1, 0.15) is 28.0 Å². The molecule has 0 amide bonds. The average Bonchev–Trinajstić information content (AvgIpc) is 3.33. The molecule has 1 aliphatic rings. The molecule has 1 atom stereocenters. The highest BCUT2D eigenvalue weighted by Crippen LogP contribution is 2.45. The first-order valence-corrected chi connectivity index (χ1v) is 10.5. The van der Waals surface area contributed by atoms with Crippen LogP contribution in [0.25, 0.3) is 10.8 Å². The molecule has 2 N–H and O–H groups in total. The normalized spacial score (nSPS) is 15.1. The van der Waals surface area contributed by atoms with Gasteiger partial charge in [-0.1, -0.05) is 54.6 Å². The summed E-state index contributed by atoms with van der Waals surface area (Å²) in [6.45, 7) is 0. The number of thiophene rings is 1. The molecule has 0 saturated heterocycles. The summed E-state index contributed by atoms with van der Waals surface area (Å²) in [6, 6.07) is 24.9. The van der Waals surface area contributed by atoms with E-state index in [1.54, 1.807) is 24.3 Å². The van der Waals surface area contributed by atoms with E-state index in [4.69, 9.17) is 15.2 Å². The van der Waals surface area contributed by atoms with Crippen LogP contribution in [0.4, 0.5) is 0 Å². The lowest BCUT2D eigenvalue weighted by atomic mass is 9.81. The molecular formula is C25H16N2O3S. The van der Waals surface area contributed by atoms with Crippen molar-refractivity contribution in [3.8, 4) is 17.6 Å². The number of fused-ring (bicyclic) bond motifs is 2. The predicted molar refractivity (Wildman–Crippen MR) is 119 cm³/mol. The quantitative estimate of drug-likeness (QED) is 0.354. The Morgan fingerprint density at radius 1 is 1.03 bits per heavy atom. The van der Waals surface area contributed by atoms with Crippen molar-refractivity contribution in [3.63, 3.8) is 0 Å². The van der Waals surface area contributed by atoms with Gasteiger partial charge in [0, 0.05) is 11.6 Å². The lowest BCUT2D eigenvalue weighted by Crippen LogP contribution is -2.21. The Morgan fingerprint density at radius 2 is 1.87 bits per heavy atom. The second kappa shape index (κ2) is 7.63. The first kappa shape index (κ1) is 18.9. The van der Waals surface area contributed by atoms with E-state index in [0.717, 1.165) is 21.9 Å². The number of nitrogens with zero attached hydrogens (tertiary/aromatic N) is 1. The Hall–Kier alpha value is -4.08. The van der Waals surface area contributed by atoms with Crippen molar-refractivity contribution < 1.29 is 14.3 Å². The second-order valence-corrected chi connectivity index (χ2v) is 8.01. The van der Waals surface area contributed by atoms with Gasteiger partial charge in [-0.05, 0) is 33.8 Å². The van der Waals surface area contributed by atoms with Crippen LogP contribution in [-0.4, -0.2) is 5.97 Å². The maximum atomic E-state index is 12.3. The van der Waals surface area contributed by atoms with Gasteiger partial charge in [0.2, 0.25) is 5.88 Å². The molecule has 0 radical (unpaired) electrons. The second-order valence-electron chi connectivity index (χ2n) is 7.06. The summed E-state index contributed by atoms with van der Waals surface area (Å²) in [6.07, 6.45) is 0. The topological polar surface area (TPSA) is 85.3 Å². The van der Waals surface area contributed by atoms with Gasteiger partial charge in [0.25, 0.3) is 0 Å². The maximum Gasteiger partial charge on any atom is 0.353 e. The molecule has 0 fully saturated rings. The number of hydrogen-bond donors (Lipinski definition) is 1. The number of carbonyl (C=O) groups is 1. The van der Waals surface area contributed by atoms with Crippen molar-refractivity contribution in [2.24, 2.45) is 5.73 Å². The molecule has 31 heavy (non-hydrogen) atoms. The van der Waals surface area contributed by atoms with Gasteiger partial charge < -0.3 is 15.2 Å². The van der Waals surface area contributed by atoms with Gasteiger partial charge >= 0.3 is 5.97 Å². The zero-order valence-electron chi connectivity index (χ0n) is 16.2. The number of benzene rings is 3. The molecule has 5 rings (SSSR count). The van der Waals surface area contributed by atoms with Crippen molar-refractivity contribution in [1.82, 2.24) is 0 Å². The van der Waals surface area contributed by atoms with Crippen LogP contribution in [0, 0.1) is 11.3 Å². The van der Waals surface area contributed by atoms with E-state index in [1.807, 2.05) is 53.9 Å². The predicted octanol–water partition coefficient (Wildman–Crippen LogP) is 5.34. The number of carbonyl (C=O) groups excluding carboxylic acids is 1. The largest absolute Gasteiger partial charge is 0.440 e. The molecule has 1 unspecified atom stereocenters. The molecule has 1 aromatic heterocycles. The van der Waals surface area contributed by atoms with Crippen LogP contribution < -0.4 is 15.2 Å². The number of rotatable bonds is 3. The van der Waals surface area contributed by atoms with E-state index in [-0.39, 0.29) is 11.8 Å². The van der Waals surface area contributed by atoms with Crippen LogP contribution in [0.15, 0.2) is 89.6 Å². The Morgan fingerprint density at radius 3 is 2.68 bits per heavy atom. The van der Waals surface area contributed by atoms with Gasteiger partial charge in [-0.2, -0.15) is 5.26 Å². The maximum absolute atomic E-state index is 12.3. The molecular weight excluding hydrogens is 408 g/mol. The average molecular weight is 424 g/mol. The fraction of sp³-hybridized carbons (Fsp3) is 0.0400. The summed E-state index contributed by atoms with van der Waals surface area (Å²) in [5.74, 6) is 0.0436. The van der Waals surface area contributed by atoms with Crippen molar-refractivity contribution in [3.05, 3.63) is 106 Å². The lowest BCUT2D eigenvalue weighted by molar-refractivity contribution is 0.0739. The van der Waals surface area contributed by atoms with Crippen molar-refractivity contribution in [2.45, 2.75) is 5.92 Å². The standard InChI is InChI=1S/C25H16N2O3S/c26-14-20-23(18-8-3-6-15-5-1-2-7-17(15)18)19-11-10-16(13-21(19)30-24(20)27)29-25(28)22-9-4-12-31-22/h1-13,23H,27H2. The molecule has 6 heteroatoms. The first-order chi connectivity index (χ1) is 15.2. The van der Waals surface area contributed by atoms with Crippen LogP contribution in [0.3, 0.4) is 0 Å². The summed E-state index contributed by atoms with van der Waals surface area (Å²) in [5.41, 5.74) is 8.24. The third-order valence-electron chi connectivity index (χ3n) is 5.26. The number of ether oxygens (including phenoxy) is 2. The smallest absolute Gasteiger partial charge is 0.353 e. The number of esters is 1. The highest BCUT2D eigenvalue weighted by atomic mass is 32.1. The van der Waals surface area contributed by atoms with Crippen LogP contribution in [0.2, 0.25) is 0 Å². The van der Waals surface area contributed by atoms with Crippen molar-refractivity contribution in [1.29, 1.82) is 5.26 Å². The fourth-order valence-corrected chi connectivity index (χ4v) is 4.47. The Kier molecular flexibility index (Phi) is 4.66. The van der Waals surface area contributed by atoms with Gasteiger partial charge in [0.15, 0.2) is 0 Å². The minimum Gasteiger partial charge on any atom is -0.440 e. The van der Waals surface area contributed by atoms with Crippen molar-refractivity contribution >= 4 is 28.1 Å². The molecule has 3 aromatic carbocycles. The zero-order chi connectivity index (χ0) is 21.4. The summed E-state index contributed by atoms with van der Waals surface area (Å²) < 4.78 is 11.3. The summed E-state index contributed by atoms with van der Waals surface area (Å²) in [7, 11) is 0. The number of allylic oxidation sites excluding steroid dienone is 1. The molecule has 0 aliphatic carbocycles. The van der Waals surface area contributed by atoms with Gasteiger partial charge in [0.05, 0.1) is 5.92 Å². The number of hydrogen-bond acceptors (Lipinski definition) is 6. The molecule has 150 valence electrons. The molecule has 2 heterocycles. The van der Waals surface area contributed by atoms with Crippen LogP contribution in [-0.2, 0) is 0 Å². The lowest BCUT2D eigenvalue weighted by Gasteiger charge is -2.27. The SMILES string of the molecule is N#CC1=C(N)Oc2cc(OC(=O)c3cccs3)ccc2C1c1cccc2ccccc12. The molecule has 0 bridgehead atoms. The van der Waals surface area contributed by atoms with Gasteiger partial charge in [-0.25, -0.2) is 4.79 Å². The fourth-order valence-electron chi connectivity index (χ4n) is 3.87. The number of nitrogens with two attached hydrogens (primary N) is 1. The van der Waals surface area contributed by atoms with Crippen LogP contribution in [0.5, 0.6) is 11.5 Å². The van der Waals surface area contributed by atoms with E-state index in [0.29, 0.717) is 21.9 Å². The van der Waals surface area contributed by atoms with E-state index in [1.165, 1.54) is 11.3 Å². The Bertz CT molecular complexity index is 1380. The monoisotopic (exact) mass is 424 g/mol. The third kappa shape index (κ3) is 3.31. The molecule has 0 saturated carbocycles. The van der Waals surface area contributed by atoms with Crippen LogP contribution >= 0.6 is 11.3 Å². The Balaban J connectivity index is 1.60. The van der Waals surface area contributed by atoms with E-state index in [9.17, 15) is 10.1 Å². The highest BCUT2D eigenvalue weighted by Gasteiger charge is 2.32. The molecule has 0 spiro atoms. The van der Waals surface area contributed by atoms with E-state index < -0.39 is 5.97 Å². The molecule has 4 aromatic rings. The third-order valence-corrected chi connectivity index (χ3v) is 6.11. The zero-order valence-corrected chi connectivity index (χ0v) is 17.1. The minimum absolute atomic E-state index is 0.0506. The van der Waals surface area contributed by atoms with Crippen LogP contribution in [0.1, 0.15) is 26.7 Å². The van der Waals surface area contributed by atoms with Crippen molar-refractivity contribution in [2.75, 3.05) is 0 Å². The summed E-state index contributed by atoms with van der Waals surface area (Å²) in [4.78, 5) is 12.8. The Labute approximate surface area is 182 Å². The minimum atomic E-state index is -0.433. The first-order valence-electron chi connectivity index (χ1n) is 9.60. The summed E-state index contributed by atoms with van der Waals surface area (Å²) >= 11 is 1.31. The molecule has 5 nitrogen and oxygen atoms in total. The number of nitriles is 1. The van der Waals surface area contributed by atoms with Gasteiger partial charge in [-0.3, -0.25) is 0 Å².